The second-order valence-corrected chi connectivity index (χ2v) is 14.4. The summed E-state index contributed by atoms with van der Waals surface area (Å²) in [6, 6.07) is 2.02. The number of hydrogen-bond donors (Lipinski definition) is 4. The predicted molar refractivity (Wildman–Crippen MR) is 190 cm³/mol. The van der Waals surface area contributed by atoms with Crippen LogP contribution in [-0.2, 0) is 9.53 Å². The zero-order valence-corrected chi connectivity index (χ0v) is 30.3. The second-order valence-electron chi connectivity index (χ2n) is 13.1. The van der Waals surface area contributed by atoms with E-state index in [1.54, 1.807) is 13.0 Å². The fourth-order valence-electron chi connectivity index (χ4n) is 6.75. The van der Waals surface area contributed by atoms with Gasteiger partial charge in [0, 0.05) is 47.2 Å². The van der Waals surface area contributed by atoms with Crippen LogP contribution < -0.4 is 21.3 Å². The number of ether oxygens (including phenoxy) is 1. The van der Waals surface area contributed by atoms with Crippen LogP contribution in [0.2, 0.25) is 0 Å². The van der Waals surface area contributed by atoms with Crippen LogP contribution in [-0.4, -0.2) is 78.8 Å². The summed E-state index contributed by atoms with van der Waals surface area (Å²) in [5, 5.41) is 12.1. The molecule has 3 unspecified atom stereocenters. The van der Waals surface area contributed by atoms with Crippen LogP contribution in [0.1, 0.15) is 101 Å². The number of aryl methyl sites for hydroxylation is 1. The number of urea groups is 1. The Labute approximate surface area is 288 Å². The van der Waals surface area contributed by atoms with Crippen LogP contribution >= 0.6 is 11.8 Å². The molecule has 0 spiro atoms. The molecule has 0 bridgehead atoms. The highest BCUT2D eigenvalue weighted by Gasteiger charge is 2.42. The van der Waals surface area contributed by atoms with Gasteiger partial charge in [0.15, 0.2) is 0 Å². The van der Waals surface area contributed by atoms with Gasteiger partial charge in [-0.25, -0.2) is 4.79 Å². The van der Waals surface area contributed by atoms with Crippen molar-refractivity contribution in [1.29, 1.82) is 0 Å². The number of benzene rings is 2. The number of nitrogens with one attached hydrogen (secondary N) is 4. The fraction of sp³-hybridized carbons (Fsp3) is 0.541. The van der Waals surface area contributed by atoms with Crippen molar-refractivity contribution in [2.45, 2.75) is 98.4 Å². The molecule has 4 amide bonds. The third kappa shape index (κ3) is 8.11. The van der Waals surface area contributed by atoms with Gasteiger partial charge in [-0.15, -0.1) is 0 Å². The molecular formula is C37H50N4O6S. The minimum Gasteiger partial charge on any atom is -0.378 e. The van der Waals surface area contributed by atoms with Gasteiger partial charge in [-0.3, -0.25) is 19.2 Å². The van der Waals surface area contributed by atoms with Crippen LogP contribution in [0.25, 0.3) is 0 Å². The average Bonchev–Trinajstić information content (AvgIpc) is 3.61. The van der Waals surface area contributed by atoms with Crippen molar-refractivity contribution in [3.8, 4) is 0 Å². The van der Waals surface area contributed by atoms with E-state index in [1.807, 2.05) is 60.2 Å². The normalized spacial score (nSPS) is 18.2. The summed E-state index contributed by atoms with van der Waals surface area (Å²) in [5.74, 6) is -0.603. The molecule has 2 saturated heterocycles. The molecule has 2 aliphatic rings. The second kappa shape index (κ2) is 16.1. The quantitative estimate of drug-likeness (QED) is 0.0917. The molecule has 0 aromatic heterocycles. The summed E-state index contributed by atoms with van der Waals surface area (Å²) in [7, 11) is 0. The maximum atomic E-state index is 13.7. The molecular weight excluding hydrogens is 628 g/mol. The molecule has 2 fully saturated rings. The highest BCUT2D eigenvalue weighted by Crippen LogP contribution is 2.33. The van der Waals surface area contributed by atoms with Crippen molar-refractivity contribution < 1.29 is 28.7 Å². The Morgan fingerprint density at radius 3 is 2.06 bits per heavy atom. The molecule has 0 aliphatic carbocycles. The van der Waals surface area contributed by atoms with Crippen molar-refractivity contribution in [3.05, 3.63) is 67.3 Å². The van der Waals surface area contributed by atoms with E-state index in [9.17, 15) is 24.0 Å². The number of rotatable bonds is 15. The van der Waals surface area contributed by atoms with Gasteiger partial charge in [-0.1, -0.05) is 6.42 Å². The Morgan fingerprint density at radius 2 is 1.40 bits per heavy atom. The summed E-state index contributed by atoms with van der Waals surface area (Å²) in [6.07, 6.45) is 3.14. The number of Topliss-reactive ketones (excluding diaryl/α,β-unsaturated/α-hetero) is 2. The van der Waals surface area contributed by atoms with Gasteiger partial charge in [0.1, 0.15) is 0 Å². The number of thioether (sulfide) groups is 1. The van der Waals surface area contributed by atoms with E-state index >= 15 is 0 Å². The Kier molecular flexibility index (Phi) is 12.5. The third-order valence-corrected chi connectivity index (χ3v) is 11.7. The standard InChI is InChI=1S/C37H50N4O6S/c1-19-17-27(34(43)35(44)31-24(6)22(4)21(3)23(5)25(31)7)26(8)32(20(19)2)36(45)39-14-16-47-15-13-38-30(42)12-10-9-11-29-33-28(18-48-29)40-37(46)41-33/h17,28-29,33H,9-16,18H2,1-8H3,(H,38,42)(H,39,45)(H2,40,41,46). The van der Waals surface area contributed by atoms with Gasteiger partial charge in [-0.2, -0.15) is 11.8 Å². The maximum Gasteiger partial charge on any atom is 0.315 e. The van der Waals surface area contributed by atoms with E-state index < -0.39 is 11.6 Å². The van der Waals surface area contributed by atoms with E-state index in [4.69, 9.17) is 4.74 Å². The lowest BCUT2D eigenvalue weighted by Gasteiger charge is -2.19. The number of fused-ring (bicyclic) bond motifs is 1. The number of carbonyl (C=O) groups excluding carboxylic acids is 5. The van der Waals surface area contributed by atoms with Crippen LogP contribution in [0.5, 0.6) is 0 Å². The van der Waals surface area contributed by atoms with E-state index in [0.717, 1.165) is 64.0 Å². The number of unbranched alkanes of at least 4 members (excludes halogenated alkanes) is 1. The lowest BCUT2D eigenvalue weighted by atomic mass is 9.84. The van der Waals surface area contributed by atoms with Crippen molar-refractivity contribution in [2.24, 2.45) is 0 Å². The molecule has 2 aromatic rings. The smallest absolute Gasteiger partial charge is 0.315 e. The van der Waals surface area contributed by atoms with Crippen LogP contribution in [0, 0.1) is 55.4 Å². The number of amides is 4. The Balaban J connectivity index is 1.21. The van der Waals surface area contributed by atoms with Gasteiger partial charge < -0.3 is 26.0 Å². The first-order valence-corrected chi connectivity index (χ1v) is 17.9. The Morgan fingerprint density at radius 1 is 0.771 bits per heavy atom. The largest absolute Gasteiger partial charge is 0.378 e. The molecule has 10 nitrogen and oxygen atoms in total. The Hall–Kier alpha value is -3.70. The van der Waals surface area contributed by atoms with E-state index in [1.165, 1.54) is 0 Å². The van der Waals surface area contributed by atoms with Crippen molar-refractivity contribution in [2.75, 3.05) is 32.1 Å². The predicted octanol–water partition coefficient (Wildman–Crippen LogP) is 4.81. The van der Waals surface area contributed by atoms with Crippen LogP contribution in [0.4, 0.5) is 4.79 Å². The first-order valence-electron chi connectivity index (χ1n) is 16.8. The zero-order valence-electron chi connectivity index (χ0n) is 29.5. The summed E-state index contributed by atoms with van der Waals surface area (Å²) < 4.78 is 5.62. The summed E-state index contributed by atoms with van der Waals surface area (Å²) in [4.78, 5) is 64.3. The van der Waals surface area contributed by atoms with Gasteiger partial charge >= 0.3 is 6.03 Å². The molecule has 0 radical (unpaired) electrons. The summed E-state index contributed by atoms with van der Waals surface area (Å²) in [5.41, 5.74) is 7.76. The van der Waals surface area contributed by atoms with E-state index in [2.05, 4.69) is 21.3 Å². The molecule has 3 atom stereocenters. The number of carbonyl (C=O) groups is 5. The summed E-state index contributed by atoms with van der Waals surface area (Å²) >= 11 is 1.88. The lowest BCUT2D eigenvalue weighted by molar-refractivity contribution is -0.121. The molecule has 4 rings (SSSR count). The van der Waals surface area contributed by atoms with Crippen LogP contribution in [0.15, 0.2) is 6.07 Å². The van der Waals surface area contributed by atoms with Crippen molar-refractivity contribution in [1.82, 2.24) is 21.3 Å². The minimum absolute atomic E-state index is 0.0214. The molecule has 0 saturated carbocycles. The summed E-state index contributed by atoms with van der Waals surface area (Å²) in [6.45, 7) is 16.3. The fourth-order valence-corrected chi connectivity index (χ4v) is 8.29. The first-order chi connectivity index (χ1) is 22.7. The van der Waals surface area contributed by atoms with Crippen molar-refractivity contribution in [3.63, 3.8) is 0 Å². The first kappa shape index (κ1) is 37.1. The maximum absolute atomic E-state index is 13.7. The SMILES string of the molecule is Cc1cc(C(=O)C(=O)c2c(C)c(C)c(C)c(C)c2C)c(C)c(C(=O)NCCOCCNC(=O)CCCCC2SCC3NC(=O)NC32)c1C. The highest BCUT2D eigenvalue weighted by atomic mass is 32.2. The zero-order chi connectivity index (χ0) is 35.3. The number of hydrogen-bond acceptors (Lipinski definition) is 7. The number of ketones is 2. The molecule has 2 aromatic carbocycles. The topological polar surface area (TPSA) is 143 Å². The molecule has 11 heteroatoms. The highest BCUT2D eigenvalue weighted by molar-refractivity contribution is 8.00. The van der Waals surface area contributed by atoms with Crippen molar-refractivity contribution >= 4 is 41.2 Å². The minimum atomic E-state index is -0.619. The monoisotopic (exact) mass is 678 g/mol. The molecule has 2 heterocycles. The van der Waals surface area contributed by atoms with Gasteiger partial charge in [0.25, 0.3) is 5.91 Å². The molecule has 260 valence electrons. The van der Waals surface area contributed by atoms with Gasteiger partial charge in [0.2, 0.25) is 17.5 Å². The molecule has 2 aliphatic heterocycles. The molecule has 48 heavy (non-hydrogen) atoms. The van der Waals surface area contributed by atoms with E-state index in [-0.39, 0.29) is 48.6 Å². The Bertz CT molecular complexity index is 1590. The average molecular weight is 679 g/mol. The third-order valence-electron chi connectivity index (χ3n) is 10.2. The molecule has 4 N–H and O–H groups in total. The van der Waals surface area contributed by atoms with E-state index in [0.29, 0.717) is 41.5 Å². The van der Waals surface area contributed by atoms with Gasteiger partial charge in [-0.05, 0) is 119 Å². The van der Waals surface area contributed by atoms with Gasteiger partial charge in [0.05, 0.1) is 25.3 Å². The lowest BCUT2D eigenvalue weighted by Crippen LogP contribution is -2.36. The van der Waals surface area contributed by atoms with Crippen LogP contribution in [0.3, 0.4) is 0 Å².